The number of carbonyl (C=O) groups excluding carboxylic acids is 2. The molecule has 0 aliphatic rings. The van der Waals surface area contributed by atoms with Gasteiger partial charge in [-0.25, -0.2) is 5.43 Å². The Balaban J connectivity index is 1.52. The van der Waals surface area contributed by atoms with Crippen molar-refractivity contribution in [1.82, 2.24) is 5.43 Å². The van der Waals surface area contributed by atoms with Crippen LogP contribution in [0.25, 0.3) is 6.08 Å². The lowest BCUT2D eigenvalue weighted by Gasteiger charge is -2.19. The van der Waals surface area contributed by atoms with Crippen LogP contribution in [0.4, 0.5) is 5.69 Å². The SMILES string of the molecule is CC(C)(C)c1ccc(C(=O)Nc2ccc(C(=O)N/N=C/C=C/c3ccccc3)cc2)cc1. The number of hydrogen-bond acceptors (Lipinski definition) is 3. The van der Waals surface area contributed by atoms with Crippen LogP contribution >= 0.6 is 0 Å². The third-order valence-corrected chi connectivity index (χ3v) is 4.83. The quantitative estimate of drug-likeness (QED) is 0.395. The average molecular weight is 426 g/mol. The van der Waals surface area contributed by atoms with E-state index in [0.29, 0.717) is 16.8 Å². The Labute approximate surface area is 188 Å². The highest BCUT2D eigenvalue weighted by Gasteiger charge is 2.14. The zero-order valence-electron chi connectivity index (χ0n) is 18.5. The Bertz CT molecular complexity index is 1110. The molecule has 3 aromatic rings. The lowest BCUT2D eigenvalue weighted by molar-refractivity contribution is 0.0954. The Morgan fingerprint density at radius 2 is 1.38 bits per heavy atom. The molecule has 3 aromatic carbocycles. The molecule has 2 N–H and O–H groups in total. The minimum absolute atomic E-state index is 0.0354. The molecule has 0 aromatic heterocycles. The van der Waals surface area contributed by atoms with E-state index in [4.69, 9.17) is 0 Å². The molecule has 0 aliphatic heterocycles. The summed E-state index contributed by atoms with van der Waals surface area (Å²) in [6.07, 6.45) is 5.16. The molecule has 0 bridgehead atoms. The predicted molar refractivity (Wildman–Crippen MR) is 131 cm³/mol. The molecule has 2 amide bonds. The smallest absolute Gasteiger partial charge is 0.271 e. The van der Waals surface area contributed by atoms with Gasteiger partial charge in [0, 0.05) is 23.0 Å². The number of hydrogen-bond donors (Lipinski definition) is 2. The second-order valence-electron chi connectivity index (χ2n) is 8.35. The van der Waals surface area contributed by atoms with Crippen LogP contribution in [-0.2, 0) is 5.41 Å². The first-order chi connectivity index (χ1) is 15.3. The van der Waals surface area contributed by atoms with Crippen LogP contribution in [0.15, 0.2) is 90.0 Å². The number of amides is 2. The molecule has 0 aliphatic carbocycles. The van der Waals surface area contributed by atoms with Gasteiger partial charge < -0.3 is 5.32 Å². The molecule has 0 radical (unpaired) electrons. The number of rotatable bonds is 6. The number of carbonyl (C=O) groups is 2. The van der Waals surface area contributed by atoms with E-state index >= 15 is 0 Å². The minimum Gasteiger partial charge on any atom is -0.322 e. The lowest BCUT2D eigenvalue weighted by atomic mass is 9.87. The number of nitrogens with one attached hydrogen (secondary N) is 2. The Hall–Kier alpha value is -3.99. The maximum Gasteiger partial charge on any atom is 0.271 e. The highest BCUT2D eigenvalue weighted by molar-refractivity contribution is 6.04. The van der Waals surface area contributed by atoms with Crippen molar-refractivity contribution in [2.45, 2.75) is 26.2 Å². The molecule has 0 fully saturated rings. The van der Waals surface area contributed by atoms with Crippen LogP contribution in [-0.4, -0.2) is 18.0 Å². The summed E-state index contributed by atoms with van der Waals surface area (Å²) in [5, 5.41) is 6.76. The summed E-state index contributed by atoms with van der Waals surface area (Å²) in [6.45, 7) is 6.39. The van der Waals surface area contributed by atoms with Crippen LogP contribution in [0.2, 0.25) is 0 Å². The van der Waals surface area contributed by atoms with Gasteiger partial charge >= 0.3 is 0 Å². The van der Waals surface area contributed by atoms with E-state index in [1.807, 2.05) is 60.7 Å². The first kappa shape index (κ1) is 22.7. The van der Waals surface area contributed by atoms with Gasteiger partial charge in [0.2, 0.25) is 0 Å². The molecule has 0 saturated heterocycles. The van der Waals surface area contributed by atoms with Crippen molar-refractivity contribution in [3.05, 3.63) is 107 Å². The number of hydrazone groups is 1. The van der Waals surface area contributed by atoms with E-state index in [-0.39, 0.29) is 17.2 Å². The summed E-state index contributed by atoms with van der Waals surface area (Å²) < 4.78 is 0. The van der Waals surface area contributed by atoms with Crippen molar-refractivity contribution in [3.63, 3.8) is 0 Å². The van der Waals surface area contributed by atoms with Crippen LogP contribution in [0.5, 0.6) is 0 Å². The Morgan fingerprint density at radius 1 is 0.781 bits per heavy atom. The van der Waals surface area contributed by atoms with Crippen molar-refractivity contribution in [2.75, 3.05) is 5.32 Å². The van der Waals surface area contributed by atoms with Gasteiger partial charge in [-0.15, -0.1) is 0 Å². The zero-order valence-corrected chi connectivity index (χ0v) is 18.5. The number of benzene rings is 3. The second-order valence-corrected chi connectivity index (χ2v) is 8.35. The molecule has 5 heteroatoms. The monoisotopic (exact) mass is 425 g/mol. The predicted octanol–water partition coefficient (Wildman–Crippen LogP) is 5.67. The second kappa shape index (κ2) is 10.4. The molecule has 0 spiro atoms. The van der Waals surface area contributed by atoms with E-state index in [2.05, 4.69) is 36.6 Å². The van der Waals surface area contributed by atoms with Crippen LogP contribution in [0.3, 0.4) is 0 Å². The fourth-order valence-corrected chi connectivity index (χ4v) is 2.95. The molecule has 162 valence electrons. The average Bonchev–Trinajstić information content (AvgIpc) is 2.79. The first-order valence-corrected chi connectivity index (χ1v) is 10.4. The maximum atomic E-state index is 12.5. The summed E-state index contributed by atoms with van der Waals surface area (Å²) in [6, 6.07) is 24.1. The van der Waals surface area contributed by atoms with Gasteiger partial charge in [-0.1, -0.05) is 69.3 Å². The molecule has 0 unspecified atom stereocenters. The van der Waals surface area contributed by atoms with Crippen molar-refractivity contribution < 1.29 is 9.59 Å². The van der Waals surface area contributed by atoms with E-state index in [9.17, 15) is 9.59 Å². The fraction of sp³-hybridized carbons (Fsp3) is 0.148. The van der Waals surface area contributed by atoms with E-state index < -0.39 is 0 Å². The lowest BCUT2D eigenvalue weighted by Crippen LogP contribution is -2.17. The van der Waals surface area contributed by atoms with Gasteiger partial charge in [-0.05, 0) is 59.0 Å². The number of nitrogens with zero attached hydrogens (tertiary/aromatic N) is 1. The van der Waals surface area contributed by atoms with Crippen molar-refractivity contribution >= 4 is 29.8 Å². The van der Waals surface area contributed by atoms with E-state index in [0.717, 1.165) is 5.56 Å². The fourth-order valence-electron chi connectivity index (χ4n) is 2.95. The molecule has 0 heterocycles. The number of allylic oxidation sites excluding steroid dienone is 1. The summed E-state index contributed by atoms with van der Waals surface area (Å²) in [7, 11) is 0. The van der Waals surface area contributed by atoms with Gasteiger partial charge in [0.15, 0.2) is 0 Å². The van der Waals surface area contributed by atoms with E-state index in [1.165, 1.54) is 11.8 Å². The van der Waals surface area contributed by atoms with Crippen molar-refractivity contribution in [2.24, 2.45) is 5.10 Å². The van der Waals surface area contributed by atoms with E-state index in [1.54, 1.807) is 30.3 Å². The largest absolute Gasteiger partial charge is 0.322 e. The third-order valence-electron chi connectivity index (χ3n) is 4.83. The summed E-state index contributed by atoms with van der Waals surface area (Å²) in [5.41, 5.74) is 6.37. The Morgan fingerprint density at radius 3 is 2.00 bits per heavy atom. The molecular weight excluding hydrogens is 398 g/mol. The maximum absolute atomic E-state index is 12.5. The molecular formula is C27H27N3O2. The minimum atomic E-state index is -0.329. The highest BCUT2D eigenvalue weighted by Crippen LogP contribution is 2.22. The normalized spacial score (nSPS) is 11.6. The third kappa shape index (κ3) is 6.51. The molecule has 0 atom stereocenters. The van der Waals surface area contributed by atoms with Crippen molar-refractivity contribution in [3.8, 4) is 0 Å². The van der Waals surface area contributed by atoms with Gasteiger partial charge in [0.25, 0.3) is 11.8 Å². The van der Waals surface area contributed by atoms with Crippen LogP contribution in [0.1, 0.15) is 52.6 Å². The molecule has 3 rings (SSSR count). The van der Waals surface area contributed by atoms with Gasteiger partial charge in [0.1, 0.15) is 0 Å². The Kier molecular flexibility index (Phi) is 7.34. The highest BCUT2D eigenvalue weighted by atomic mass is 16.2. The standard InChI is InChI=1S/C27H27N3O2/c1-27(2,3)23-15-11-21(12-16-23)25(31)29-24-17-13-22(14-18-24)26(32)30-28-19-7-10-20-8-5-4-6-9-20/h4-19H,1-3H3,(H,29,31)(H,30,32)/b10-7+,28-19+. The first-order valence-electron chi connectivity index (χ1n) is 10.4. The number of anilines is 1. The summed E-state index contributed by atoms with van der Waals surface area (Å²) in [4.78, 5) is 24.7. The summed E-state index contributed by atoms with van der Waals surface area (Å²) >= 11 is 0. The van der Waals surface area contributed by atoms with Crippen LogP contribution in [0, 0.1) is 0 Å². The zero-order chi connectivity index (χ0) is 23.0. The van der Waals surface area contributed by atoms with Gasteiger partial charge in [-0.2, -0.15) is 5.10 Å². The molecule has 5 nitrogen and oxygen atoms in total. The van der Waals surface area contributed by atoms with Gasteiger partial charge in [0.05, 0.1) is 0 Å². The molecule has 0 saturated carbocycles. The van der Waals surface area contributed by atoms with Crippen molar-refractivity contribution in [1.29, 1.82) is 0 Å². The van der Waals surface area contributed by atoms with Crippen LogP contribution < -0.4 is 10.7 Å². The van der Waals surface area contributed by atoms with Gasteiger partial charge in [-0.3, -0.25) is 9.59 Å². The summed E-state index contributed by atoms with van der Waals surface area (Å²) in [5.74, 6) is -0.525. The molecule has 32 heavy (non-hydrogen) atoms. The topological polar surface area (TPSA) is 70.6 Å².